The molecule has 0 amide bonds. The summed E-state index contributed by atoms with van der Waals surface area (Å²) < 4.78 is 5.71. The highest BCUT2D eigenvalue weighted by molar-refractivity contribution is 5.73. The lowest BCUT2D eigenvalue weighted by Gasteiger charge is -2.32. The van der Waals surface area contributed by atoms with Crippen LogP contribution in [0.25, 0.3) is 0 Å². The first kappa shape index (κ1) is 16.5. The van der Waals surface area contributed by atoms with Gasteiger partial charge in [0, 0.05) is 6.54 Å². The number of nitrogens with two attached hydrogens (primary N) is 1. The zero-order valence-electron chi connectivity index (χ0n) is 13.2. The lowest BCUT2D eigenvalue weighted by molar-refractivity contribution is -0.157. The summed E-state index contributed by atoms with van der Waals surface area (Å²) >= 11 is 0. The average molecular weight is 269 g/mol. The van der Waals surface area contributed by atoms with Crippen molar-refractivity contribution in [2.45, 2.75) is 66.4 Å². The minimum absolute atomic E-state index is 0.0938. The summed E-state index contributed by atoms with van der Waals surface area (Å²) in [5, 5.41) is 0. The molecule has 0 heterocycles. The smallest absolute Gasteiger partial charge is 0.310 e. The molecule has 0 aromatic carbocycles. The average Bonchev–Trinajstić information content (AvgIpc) is 2.22. The zero-order valence-corrected chi connectivity index (χ0v) is 13.2. The molecule has 0 saturated heterocycles. The first-order valence-corrected chi connectivity index (χ1v) is 7.62. The van der Waals surface area contributed by atoms with Crippen molar-refractivity contribution in [2.75, 3.05) is 6.54 Å². The van der Waals surface area contributed by atoms with Crippen LogP contribution in [0.2, 0.25) is 0 Å². The summed E-state index contributed by atoms with van der Waals surface area (Å²) in [6, 6.07) is 0. The van der Waals surface area contributed by atoms with E-state index in [0.717, 1.165) is 19.3 Å². The first-order chi connectivity index (χ1) is 8.71. The van der Waals surface area contributed by atoms with Gasteiger partial charge in [-0.25, -0.2) is 0 Å². The lowest BCUT2D eigenvalue weighted by Crippen LogP contribution is -2.35. The van der Waals surface area contributed by atoms with Crippen LogP contribution in [0.15, 0.2) is 0 Å². The van der Waals surface area contributed by atoms with E-state index in [4.69, 9.17) is 10.5 Å². The minimum atomic E-state index is -0.160. The third kappa shape index (κ3) is 5.94. The van der Waals surface area contributed by atoms with Crippen LogP contribution in [0.5, 0.6) is 0 Å². The van der Waals surface area contributed by atoms with Crippen molar-refractivity contribution in [1.82, 2.24) is 0 Å². The van der Waals surface area contributed by atoms with Crippen LogP contribution in [0.1, 0.15) is 60.3 Å². The van der Waals surface area contributed by atoms with E-state index < -0.39 is 0 Å². The molecule has 112 valence electrons. The molecule has 0 radical (unpaired) electrons. The molecule has 0 aromatic heterocycles. The fourth-order valence-corrected chi connectivity index (χ4v) is 3.23. The van der Waals surface area contributed by atoms with E-state index in [1.54, 1.807) is 0 Å². The van der Waals surface area contributed by atoms with Gasteiger partial charge in [0.1, 0.15) is 6.10 Å². The fourth-order valence-electron chi connectivity index (χ4n) is 3.23. The lowest BCUT2D eigenvalue weighted by atomic mass is 9.81. The van der Waals surface area contributed by atoms with Gasteiger partial charge in [-0.1, -0.05) is 34.6 Å². The number of carbonyl (C=O) groups excluding carboxylic acids is 1. The molecule has 19 heavy (non-hydrogen) atoms. The van der Waals surface area contributed by atoms with Gasteiger partial charge in [0.2, 0.25) is 0 Å². The predicted molar refractivity (Wildman–Crippen MR) is 78.7 cm³/mol. The van der Waals surface area contributed by atoms with Gasteiger partial charge in [-0.2, -0.15) is 0 Å². The molecule has 1 fully saturated rings. The van der Waals surface area contributed by atoms with Gasteiger partial charge in [0.05, 0.1) is 5.92 Å². The Balaban J connectivity index is 2.52. The molecule has 3 heteroatoms. The molecule has 2 N–H and O–H groups in total. The van der Waals surface area contributed by atoms with E-state index in [-0.39, 0.29) is 23.4 Å². The number of rotatable bonds is 4. The van der Waals surface area contributed by atoms with E-state index in [1.165, 1.54) is 6.42 Å². The Morgan fingerprint density at radius 3 is 2.16 bits per heavy atom. The van der Waals surface area contributed by atoms with Gasteiger partial charge < -0.3 is 10.5 Å². The van der Waals surface area contributed by atoms with Crippen molar-refractivity contribution < 1.29 is 9.53 Å². The second-order valence-electron chi connectivity index (χ2n) is 7.67. The van der Waals surface area contributed by atoms with Gasteiger partial charge in [-0.05, 0) is 42.9 Å². The summed E-state index contributed by atoms with van der Waals surface area (Å²) in [5.41, 5.74) is 5.85. The number of esters is 1. The van der Waals surface area contributed by atoms with Crippen LogP contribution in [0, 0.1) is 23.2 Å². The van der Waals surface area contributed by atoms with Crippen LogP contribution < -0.4 is 5.73 Å². The molecule has 3 atom stereocenters. The van der Waals surface area contributed by atoms with E-state index in [0.29, 0.717) is 18.4 Å². The topological polar surface area (TPSA) is 52.3 Å². The van der Waals surface area contributed by atoms with Crippen molar-refractivity contribution in [3.05, 3.63) is 0 Å². The summed E-state index contributed by atoms with van der Waals surface area (Å²) in [5.74, 6) is 1.05. The Bertz CT molecular complexity index is 286. The Hall–Kier alpha value is -0.570. The van der Waals surface area contributed by atoms with Gasteiger partial charge in [-0.15, -0.1) is 0 Å². The van der Waals surface area contributed by atoms with Crippen LogP contribution in [-0.2, 0) is 9.53 Å². The standard InChI is InChI=1S/C16H31NO2/c1-11-6-12(2)8-14(7-11)19-15(18)13(10-17)9-16(3,4)5/h11-14H,6-10,17H2,1-5H3. The molecular formula is C16H31NO2. The van der Waals surface area contributed by atoms with Gasteiger partial charge in [0.15, 0.2) is 0 Å². The quantitative estimate of drug-likeness (QED) is 0.796. The van der Waals surface area contributed by atoms with Crippen molar-refractivity contribution in [3.63, 3.8) is 0 Å². The predicted octanol–water partition coefficient (Wildman–Crippen LogP) is 3.37. The zero-order chi connectivity index (χ0) is 14.6. The number of hydrogen-bond donors (Lipinski definition) is 1. The highest BCUT2D eigenvalue weighted by Gasteiger charge is 2.30. The maximum Gasteiger partial charge on any atom is 0.310 e. The van der Waals surface area contributed by atoms with Crippen molar-refractivity contribution >= 4 is 5.97 Å². The summed E-state index contributed by atoms with van der Waals surface area (Å²) in [6.07, 6.45) is 4.14. The van der Waals surface area contributed by atoms with Crippen molar-refractivity contribution in [2.24, 2.45) is 28.9 Å². The Morgan fingerprint density at radius 2 is 1.74 bits per heavy atom. The van der Waals surface area contributed by atoms with Gasteiger partial charge in [0.25, 0.3) is 0 Å². The molecule has 3 unspecified atom stereocenters. The second-order valence-corrected chi connectivity index (χ2v) is 7.67. The van der Waals surface area contributed by atoms with E-state index in [2.05, 4.69) is 34.6 Å². The van der Waals surface area contributed by atoms with Gasteiger partial charge in [-0.3, -0.25) is 4.79 Å². The molecule has 0 aromatic rings. The summed E-state index contributed by atoms with van der Waals surface area (Å²) in [7, 11) is 0. The molecule has 0 spiro atoms. The maximum atomic E-state index is 12.2. The highest BCUT2D eigenvalue weighted by atomic mass is 16.5. The monoisotopic (exact) mass is 269 g/mol. The van der Waals surface area contributed by atoms with Crippen LogP contribution in [0.3, 0.4) is 0 Å². The Morgan fingerprint density at radius 1 is 1.21 bits per heavy atom. The van der Waals surface area contributed by atoms with Gasteiger partial charge >= 0.3 is 5.97 Å². The molecule has 1 saturated carbocycles. The molecule has 0 aliphatic heterocycles. The maximum absolute atomic E-state index is 12.2. The molecular weight excluding hydrogens is 238 g/mol. The summed E-state index contributed by atoms with van der Waals surface area (Å²) in [4.78, 5) is 12.2. The normalized spacial score (nSPS) is 29.9. The third-order valence-corrected chi connectivity index (χ3v) is 3.89. The highest BCUT2D eigenvalue weighted by Crippen LogP contribution is 2.31. The largest absolute Gasteiger partial charge is 0.462 e. The number of ether oxygens (including phenoxy) is 1. The second kappa shape index (κ2) is 6.74. The SMILES string of the molecule is CC1CC(C)CC(OC(=O)C(CN)CC(C)(C)C)C1. The van der Waals surface area contributed by atoms with Crippen LogP contribution in [-0.4, -0.2) is 18.6 Å². The van der Waals surface area contributed by atoms with E-state index >= 15 is 0 Å². The molecule has 0 bridgehead atoms. The fraction of sp³-hybridized carbons (Fsp3) is 0.938. The van der Waals surface area contributed by atoms with Crippen LogP contribution in [0.4, 0.5) is 0 Å². The van der Waals surface area contributed by atoms with E-state index in [1.807, 2.05) is 0 Å². The number of carbonyl (C=O) groups is 1. The third-order valence-electron chi connectivity index (χ3n) is 3.89. The molecule has 1 aliphatic carbocycles. The molecule has 3 nitrogen and oxygen atoms in total. The van der Waals surface area contributed by atoms with Crippen molar-refractivity contribution in [3.8, 4) is 0 Å². The van der Waals surface area contributed by atoms with Crippen LogP contribution >= 0.6 is 0 Å². The minimum Gasteiger partial charge on any atom is -0.462 e. The Labute approximate surface area is 118 Å². The van der Waals surface area contributed by atoms with Crippen molar-refractivity contribution in [1.29, 1.82) is 0 Å². The molecule has 1 aliphatic rings. The summed E-state index contributed by atoms with van der Waals surface area (Å²) in [6.45, 7) is 11.3. The molecule has 1 rings (SSSR count). The Kier molecular flexibility index (Phi) is 5.84. The first-order valence-electron chi connectivity index (χ1n) is 7.62. The van der Waals surface area contributed by atoms with E-state index in [9.17, 15) is 4.79 Å². The number of hydrogen-bond acceptors (Lipinski definition) is 3.